The Bertz CT molecular complexity index is 851. The number of carbonyl (C=O) groups excluding carboxylic acids is 1. The topological polar surface area (TPSA) is 48.5 Å². The number of fused-ring (bicyclic) bond motifs is 1. The van der Waals surface area contributed by atoms with Crippen LogP contribution >= 0.6 is 0 Å². The first-order valence-corrected chi connectivity index (χ1v) is 10.7. The van der Waals surface area contributed by atoms with Crippen molar-refractivity contribution in [3.63, 3.8) is 0 Å². The fraction of sp³-hybridized carbons (Fsp3) is 0.500. The van der Waals surface area contributed by atoms with Crippen molar-refractivity contribution in [3.05, 3.63) is 59.4 Å². The van der Waals surface area contributed by atoms with Crippen LogP contribution in [0.1, 0.15) is 50.3 Å². The van der Waals surface area contributed by atoms with Crippen LogP contribution in [0.25, 0.3) is 0 Å². The molecule has 3 heterocycles. The van der Waals surface area contributed by atoms with Gasteiger partial charge in [0.1, 0.15) is 0 Å². The van der Waals surface area contributed by atoms with Gasteiger partial charge in [-0.3, -0.25) is 14.8 Å². The summed E-state index contributed by atoms with van der Waals surface area (Å²) in [6.07, 6.45) is 6.64. The number of nitrogens with one attached hydrogen (secondary N) is 1. The maximum Gasteiger partial charge on any atom is 0.322 e. The quantitative estimate of drug-likeness (QED) is 0.855. The summed E-state index contributed by atoms with van der Waals surface area (Å²) in [7, 11) is 0. The molecule has 1 N–H and O–H groups in total. The highest BCUT2D eigenvalue weighted by Gasteiger charge is 2.29. The van der Waals surface area contributed by atoms with Gasteiger partial charge in [-0.05, 0) is 59.6 Å². The number of urea groups is 1. The average molecular weight is 393 g/mol. The van der Waals surface area contributed by atoms with Gasteiger partial charge in [-0.15, -0.1) is 0 Å². The van der Waals surface area contributed by atoms with Crippen molar-refractivity contribution in [1.82, 2.24) is 15.2 Å². The molecule has 2 aromatic rings. The van der Waals surface area contributed by atoms with Gasteiger partial charge < -0.3 is 5.32 Å². The fourth-order valence-electron chi connectivity index (χ4n) is 4.31. The van der Waals surface area contributed by atoms with Crippen molar-refractivity contribution in [1.29, 1.82) is 0 Å². The van der Waals surface area contributed by atoms with Crippen LogP contribution in [-0.4, -0.2) is 41.6 Å². The average Bonchev–Trinajstić information content (AvgIpc) is 3.13. The monoisotopic (exact) mass is 392 g/mol. The lowest BCUT2D eigenvalue weighted by atomic mass is 9.86. The van der Waals surface area contributed by atoms with Gasteiger partial charge >= 0.3 is 6.03 Å². The molecule has 1 fully saturated rings. The Kier molecular flexibility index (Phi) is 5.59. The molecule has 0 unspecified atom stereocenters. The third-order valence-corrected chi connectivity index (χ3v) is 6.16. The molecule has 2 amide bonds. The zero-order chi connectivity index (χ0) is 20.4. The molecule has 2 aliphatic rings. The van der Waals surface area contributed by atoms with E-state index in [1.165, 1.54) is 16.7 Å². The number of likely N-dealkylation sites (tertiary alicyclic amines) is 1. The van der Waals surface area contributed by atoms with Gasteiger partial charge in [0, 0.05) is 50.3 Å². The van der Waals surface area contributed by atoms with Crippen LogP contribution in [0, 0.1) is 0 Å². The molecule has 1 aromatic heterocycles. The lowest BCUT2D eigenvalue weighted by Crippen LogP contribution is -2.48. The van der Waals surface area contributed by atoms with Crippen LogP contribution < -0.4 is 10.2 Å². The summed E-state index contributed by atoms with van der Waals surface area (Å²) in [6.45, 7) is 10.5. The second-order valence-corrected chi connectivity index (χ2v) is 9.35. The number of anilines is 1. The molecule has 0 radical (unpaired) electrons. The number of hydrogen-bond acceptors (Lipinski definition) is 3. The standard InChI is InChI=1S/C24H32N4O/c1-24(2,3)20-4-5-22-19(16-20)8-15-28(22)23(29)26-21-9-13-27(14-10-21)17-18-6-11-25-12-7-18/h4-7,11-12,16,21H,8-10,13-15,17H2,1-3H3,(H,26,29). The number of aromatic nitrogens is 1. The van der Waals surface area contributed by atoms with E-state index in [9.17, 15) is 4.79 Å². The second kappa shape index (κ2) is 8.15. The van der Waals surface area contributed by atoms with Crippen LogP contribution in [0.4, 0.5) is 10.5 Å². The third kappa shape index (κ3) is 4.61. The number of rotatable bonds is 3. The van der Waals surface area contributed by atoms with Gasteiger partial charge in [0.05, 0.1) is 0 Å². The smallest absolute Gasteiger partial charge is 0.322 e. The Morgan fingerprint density at radius 1 is 1.10 bits per heavy atom. The van der Waals surface area contributed by atoms with Gasteiger partial charge in [-0.2, -0.15) is 0 Å². The molecule has 5 heteroatoms. The SMILES string of the molecule is CC(C)(C)c1ccc2c(c1)CCN2C(=O)NC1CCN(Cc2ccncc2)CC1. The van der Waals surface area contributed by atoms with Crippen molar-refractivity contribution in [2.45, 2.75) is 58.0 Å². The van der Waals surface area contributed by atoms with E-state index in [4.69, 9.17) is 0 Å². The van der Waals surface area contributed by atoms with Crippen molar-refractivity contribution in [3.8, 4) is 0 Å². The molecule has 0 saturated carbocycles. The van der Waals surface area contributed by atoms with Crippen LogP contribution in [0.3, 0.4) is 0 Å². The molecule has 0 aliphatic carbocycles. The van der Waals surface area contributed by atoms with Crippen LogP contribution in [0.15, 0.2) is 42.7 Å². The Morgan fingerprint density at radius 3 is 2.52 bits per heavy atom. The molecule has 5 nitrogen and oxygen atoms in total. The first kappa shape index (κ1) is 19.9. The van der Waals surface area contributed by atoms with Gasteiger partial charge in [-0.25, -0.2) is 4.79 Å². The minimum atomic E-state index is 0.0554. The number of benzene rings is 1. The maximum absolute atomic E-state index is 12.9. The van der Waals surface area contributed by atoms with Crippen molar-refractivity contribution >= 4 is 11.7 Å². The summed E-state index contributed by atoms with van der Waals surface area (Å²) in [5, 5.41) is 3.28. The molecule has 1 saturated heterocycles. The zero-order valence-electron chi connectivity index (χ0n) is 17.8. The van der Waals surface area contributed by atoms with E-state index in [1.54, 1.807) is 0 Å². The minimum Gasteiger partial charge on any atom is -0.335 e. The van der Waals surface area contributed by atoms with E-state index in [2.05, 4.69) is 66.3 Å². The number of hydrogen-bond donors (Lipinski definition) is 1. The fourth-order valence-corrected chi connectivity index (χ4v) is 4.31. The number of pyridine rings is 1. The van der Waals surface area contributed by atoms with Gasteiger partial charge in [0.25, 0.3) is 0 Å². The molecule has 154 valence electrons. The summed E-state index contributed by atoms with van der Waals surface area (Å²) < 4.78 is 0. The van der Waals surface area contributed by atoms with Crippen LogP contribution in [-0.2, 0) is 18.4 Å². The minimum absolute atomic E-state index is 0.0554. The first-order valence-electron chi connectivity index (χ1n) is 10.7. The Morgan fingerprint density at radius 2 is 1.83 bits per heavy atom. The van der Waals surface area contributed by atoms with Crippen LogP contribution in [0.2, 0.25) is 0 Å². The predicted octanol–water partition coefficient (Wildman–Crippen LogP) is 4.12. The van der Waals surface area contributed by atoms with Crippen molar-refractivity contribution in [2.24, 2.45) is 0 Å². The van der Waals surface area contributed by atoms with Crippen molar-refractivity contribution < 1.29 is 4.79 Å². The summed E-state index contributed by atoms with van der Waals surface area (Å²) in [5.74, 6) is 0. The Balaban J connectivity index is 1.31. The predicted molar refractivity (Wildman–Crippen MR) is 117 cm³/mol. The molecule has 0 spiro atoms. The summed E-state index contributed by atoms with van der Waals surface area (Å²) in [4.78, 5) is 21.4. The largest absolute Gasteiger partial charge is 0.335 e. The van der Waals surface area contributed by atoms with E-state index in [1.807, 2.05) is 17.3 Å². The van der Waals surface area contributed by atoms with Gasteiger partial charge in [0.15, 0.2) is 0 Å². The molecule has 29 heavy (non-hydrogen) atoms. The maximum atomic E-state index is 12.9. The molecule has 4 rings (SSSR count). The van der Waals surface area contributed by atoms with E-state index in [0.29, 0.717) is 0 Å². The van der Waals surface area contributed by atoms with E-state index in [0.717, 1.165) is 51.1 Å². The second-order valence-electron chi connectivity index (χ2n) is 9.35. The number of nitrogens with zero attached hydrogens (tertiary/aromatic N) is 3. The highest BCUT2D eigenvalue weighted by atomic mass is 16.2. The van der Waals surface area contributed by atoms with Crippen molar-refractivity contribution in [2.75, 3.05) is 24.5 Å². The lowest BCUT2D eigenvalue weighted by Gasteiger charge is -2.33. The number of amides is 2. The lowest BCUT2D eigenvalue weighted by molar-refractivity contribution is 0.188. The summed E-state index contributed by atoms with van der Waals surface area (Å²) >= 11 is 0. The summed E-state index contributed by atoms with van der Waals surface area (Å²) in [6, 6.07) is 11.0. The van der Waals surface area contributed by atoms with Crippen LogP contribution in [0.5, 0.6) is 0 Å². The normalized spacial score (nSPS) is 18.0. The van der Waals surface area contributed by atoms with E-state index in [-0.39, 0.29) is 17.5 Å². The van der Waals surface area contributed by atoms with Gasteiger partial charge in [0.2, 0.25) is 0 Å². The van der Waals surface area contributed by atoms with E-state index >= 15 is 0 Å². The Hall–Kier alpha value is -2.40. The highest BCUT2D eigenvalue weighted by Crippen LogP contribution is 2.33. The molecular weight excluding hydrogens is 360 g/mol. The van der Waals surface area contributed by atoms with Gasteiger partial charge in [-0.1, -0.05) is 32.9 Å². The third-order valence-electron chi connectivity index (χ3n) is 6.16. The molecular formula is C24H32N4O. The number of piperidine rings is 1. The summed E-state index contributed by atoms with van der Waals surface area (Å²) in [5.41, 5.74) is 5.13. The molecule has 0 bridgehead atoms. The first-order chi connectivity index (χ1) is 13.9. The van der Waals surface area contributed by atoms with E-state index < -0.39 is 0 Å². The molecule has 0 atom stereocenters. The zero-order valence-corrected chi connectivity index (χ0v) is 17.8. The number of carbonyl (C=O) groups is 1. The Labute approximate surface area is 174 Å². The molecule has 1 aromatic carbocycles. The molecule has 2 aliphatic heterocycles. The highest BCUT2D eigenvalue weighted by molar-refractivity contribution is 5.94.